The van der Waals surface area contributed by atoms with Crippen LogP contribution in [0.3, 0.4) is 0 Å². The highest BCUT2D eigenvalue weighted by molar-refractivity contribution is 7.13. The van der Waals surface area contributed by atoms with Crippen molar-refractivity contribution in [3.05, 3.63) is 11.1 Å². The number of nitrogen functional groups attached to an aromatic ring is 1. The molecular weight excluding hydrogens is 244 g/mol. The summed E-state index contributed by atoms with van der Waals surface area (Å²) in [6.45, 7) is 6.24. The number of rotatable bonds is 3. The van der Waals surface area contributed by atoms with Crippen LogP contribution in [0.2, 0.25) is 0 Å². The molecule has 2 N–H and O–H groups in total. The molecule has 2 aliphatic heterocycles. The number of hydrogen-bond donors (Lipinski definition) is 1. The Balaban J connectivity index is 1.52. The Morgan fingerprint density at radius 2 is 2.22 bits per heavy atom. The number of fused-ring (bicyclic) bond motifs is 1. The summed E-state index contributed by atoms with van der Waals surface area (Å²) in [5.74, 6) is 0. The van der Waals surface area contributed by atoms with E-state index in [0.717, 1.165) is 24.7 Å². The highest BCUT2D eigenvalue weighted by atomic mass is 32.1. The third-order valence-corrected chi connectivity index (χ3v) is 4.86. The predicted molar refractivity (Wildman–Crippen MR) is 75.9 cm³/mol. The molecule has 2 saturated heterocycles. The Hall–Kier alpha value is -0.650. The summed E-state index contributed by atoms with van der Waals surface area (Å²) in [7, 11) is 0. The molecule has 1 atom stereocenters. The molecule has 0 spiro atoms. The summed E-state index contributed by atoms with van der Waals surface area (Å²) < 4.78 is 0. The Bertz CT molecular complexity index is 392. The number of anilines is 1. The largest absolute Gasteiger partial charge is 0.375 e. The summed E-state index contributed by atoms with van der Waals surface area (Å²) >= 11 is 1.55. The van der Waals surface area contributed by atoms with Crippen molar-refractivity contribution in [2.24, 2.45) is 0 Å². The Morgan fingerprint density at radius 1 is 1.33 bits per heavy atom. The molecule has 100 valence electrons. The van der Waals surface area contributed by atoms with Crippen molar-refractivity contribution in [3.8, 4) is 0 Å². The molecule has 2 fully saturated rings. The fraction of sp³-hybridized carbons (Fsp3) is 0.769. The normalized spacial score (nSPS) is 26.1. The van der Waals surface area contributed by atoms with E-state index in [1.54, 1.807) is 11.3 Å². The van der Waals surface area contributed by atoms with Crippen LogP contribution in [0, 0.1) is 0 Å². The van der Waals surface area contributed by atoms with Crippen molar-refractivity contribution in [1.82, 2.24) is 14.8 Å². The van der Waals surface area contributed by atoms with Crippen molar-refractivity contribution in [2.75, 3.05) is 38.5 Å². The first-order valence-electron chi connectivity index (χ1n) is 6.97. The van der Waals surface area contributed by atoms with Gasteiger partial charge in [-0.1, -0.05) is 0 Å². The molecule has 2 aliphatic rings. The van der Waals surface area contributed by atoms with E-state index in [1.165, 1.54) is 45.4 Å². The summed E-state index contributed by atoms with van der Waals surface area (Å²) in [6.07, 6.45) is 5.14. The molecule has 4 nitrogen and oxygen atoms in total. The van der Waals surface area contributed by atoms with Gasteiger partial charge < -0.3 is 10.6 Å². The molecule has 5 heteroatoms. The number of hydrogen-bond acceptors (Lipinski definition) is 5. The van der Waals surface area contributed by atoms with Crippen LogP contribution >= 0.6 is 11.3 Å². The maximum atomic E-state index is 5.67. The van der Waals surface area contributed by atoms with Crippen LogP contribution in [-0.2, 0) is 6.42 Å². The van der Waals surface area contributed by atoms with Crippen molar-refractivity contribution in [1.29, 1.82) is 0 Å². The standard InChI is InChI=1S/C13H22N4S/c14-13-15-11(10-18-13)4-8-16-5-2-7-17-6-1-3-12(17)9-16/h10,12H,1-9H2,(H2,14,15). The summed E-state index contributed by atoms with van der Waals surface area (Å²) in [4.78, 5) is 9.64. The lowest BCUT2D eigenvalue weighted by Crippen LogP contribution is -2.37. The molecule has 3 heterocycles. The Morgan fingerprint density at radius 3 is 3.06 bits per heavy atom. The van der Waals surface area contributed by atoms with Gasteiger partial charge in [0.2, 0.25) is 0 Å². The number of aromatic nitrogens is 1. The van der Waals surface area contributed by atoms with Gasteiger partial charge in [0.15, 0.2) is 5.13 Å². The quantitative estimate of drug-likeness (QED) is 0.899. The van der Waals surface area contributed by atoms with Crippen LogP contribution in [-0.4, -0.2) is 53.5 Å². The van der Waals surface area contributed by atoms with Crippen molar-refractivity contribution < 1.29 is 0 Å². The fourth-order valence-corrected chi connectivity index (χ4v) is 3.79. The van der Waals surface area contributed by atoms with Gasteiger partial charge in [0.1, 0.15) is 0 Å². The van der Waals surface area contributed by atoms with Gasteiger partial charge in [-0.3, -0.25) is 4.90 Å². The second-order valence-corrected chi connectivity index (χ2v) is 6.30. The third kappa shape index (κ3) is 2.84. The molecule has 0 amide bonds. The maximum absolute atomic E-state index is 5.67. The van der Waals surface area contributed by atoms with E-state index >= 15 is 0 Å². The van der Waals surface area contributed by atoms with Crippen LogP contribution in [0.4, 0.5) is 5.13 Å². The van der Waals surface area contributed by atoms with E-state index in [1.807, 2.05) is 0 Å². The van der Waals surface area contributed by atoms with Crippen LogP contribution in [0.1, 0.15) is 25.0 Å². The van der Waals surface area contributed by atoms with E-state index in [4.69, 9.17) is 5.73 Å². The monoisotopic (exact) mass is 266 g/mol. The minimum absolute atomic E-state index is 0.697. The first-order valence-corrected chi connectivity index (χ1v) is 7.85. The molecule has 1 aromatic heterocycles. The highest BCUT2D eigenvalue weighted by Crippen LogP contribution is 2.21. The molecule has 18 heavy (non-hydrogen) atoms. The molecule has 3 rings (SSSR count). The van der Waals surface area contributed by atoms with E-state index in [0.29, 0.717) is 5.13 Å². The lowest BCUT2D eigenvalue weighted by molar-refractivity contribution is 0.221. The summed E-state index contributed by atoms with van der Waals surface area (Å²) in [5, 5.41) is 2.79. The topological polar surface area (TPSA) is 45.4 Å². The second-order valence-electron chi connectivity index (χ2n) is 5.41. The number of thiazole rings is 1. The average Bonchev–Trinajstić information content (AvgIpc) is 2.92. The van der Waals surface area contributed by atoms with E-state index in [9.17, 15) is 0 Å². The molecule has 1 aromatic rings. The highest BCUT2D eigenvalue weighted by Gasteiger charge is 2.28. The second kappa shape index (κ2) is 5.55. The molecule has 0 aromatic carbocycles. The fourth-order valence-electron chi connectivity index (χ4n) is 3.20. The number of nitrogens with two attached hydrogens (primary N) is 1. The minimum Gasteiger partial charge on any atom is -0.375 e. The number of nitrogens with zero attached hydrogens (tertiary/aromatic N) is 3. The van der Waals surface area contributed by atoms with Gasteiger partial charge in [0.25, 0.3) is 0 Å². The van der Waals surface area contributed by atoms with Crippen LogP contribution < -0.4 is 5.73 Å². The Labute approximate surface area is 113 Å². The summed E-state index contributed by atoms with van der Waals surface area (Å²) in [6, 6.07) is 0.813. The van der Waals surface area contributed by atoms with Gasteiger partial charge in [0.05, 0.1) is 5.69 Å². The SMILES string of the molecule is Nc1nc(CCN2CCCN3CCCC3C2)cs1. The summed E-state index contributed by atoms with van der Waals surface area (Å²) in [5.41, 5.74) is 6.83. The van der Waals surface area contributed by atoms with Crippen LogP contribution in [0.15, 0.2) is 5.38 Å². The maximum Gasteiger partial charge on any atom is 0.180 e. The van der Waals surface area contributed by atoms with Crippen molar-refractivity contribution >= 4 is 16.5 Å². The van der Waals surface area contributed by atoms with Gasteiger partial charge in [-0.15, -0.1) is 11.3 Å². The smallest absolute Gasteiger partial charge is 0.180 e. The van der Waals surface area contributed by atoms with Gasteiger partial charge in [0, 0.05) is 30.9 Å². The van der Waals surface area contributed by atoms with Crippen LogP contribution in [0.25, 0.3) is 0 Å². The Kier molecular flexibility index (Phi) is 3.82. The zero-order valence-corrected chi connectivity index (χ0v) is 11.7. The van der Waals surface area contributed by atoms with Gasteiger partial charge in [-0.2, -0.15) is 0 Å². The van der Waals surface area contributed by atoms with E-state index < -0.39 is 0 Å². The first-order chi connectivity index (χ1) is 8.81. The first kappa shape index (κ1) is 12.4. The zero-order valence-electron chi connectivity index (χ0n) is 10.8. The molecule has 0 saturated carbocycles. The molecule has 1 unspecified atom stereocenters. The molecule has 0 aliphatic carbocycles. The average molecular weight is 266 g/mol. The minimum atomic E-state index is 0.697. The third-order valence-electron chi connectivity index (χ3n) is 4.14. The lowest BCUT2D eigenvalue weighted by Gasteiger charge is -2.25. The van der Waals surface area contributed by atoms with Crippen molar-refractivity contribution in [3.63, 3.8) is 0 Å². The predicted octanol–water partition coefficient (Wildman–Crippen LogP) is 1.44. The van der Waals surface area contributed by atoms with Gasteiger partial charge >= 0.3 is 0 Å². The zero-order chi connectivity index (χ0) is 12.4. The van der Waals surface area contributed by atoms with Crippen molar-refractivity contribution in [2.45, 2.75) is 31.7 Å². The van der Waals surface area contributed by atoms with E-state index in [2.05, 4.69) is 20.2 Å². The molecular formula is C13H22N4S. The molecule has 0 bridgehead atoms. The van der Waals surface area contributed by atoms with Gasteiger partial charge in [-0.25, -0.2) is 4.98 Å². The van der Waals surface area contributed by atoms with E-state index in [-0.39, 0.29) is 0 Å². The lowest BCUT2D eigenvalue weighted by atomic mass is 10.2. The molecule has 0 radical (unpaired) electrons. The van der Waals surface area contributed by atoms with Gasteiger partial charge in [-0.05, 0) is 38.9 Å². The van der Waals surface area contributed by atoms with Crippen LogP contribution in [0.5, 0.6) is 0 Å².